The molecule has 0 unspecified atom stereocenters. The second-order valence-corrected chi connectivity index (χ2v) is 5.49. The van der Waals surface area contributed by atoms with E-state index in [1.54, 1.807) is 0 Å². The second-order valence-electron chi connectivity index (χ2n) is 5.49. The first-order valence-corrected chi connectivity index (χ1v) is 6.85. The first-order valence-electron chi connectivity index (χ1n) is 6.85. The van der Waals surface area contributed by atoms with Crippen LogP contribution >= 0.6 is 0 Å². The van der Waals surface area contributed by atoms with Crippen LogP contribution in [0, 0.1) is 0 Å². The van der Waals surface area contributed by atoms with E-state index in [9.17, 15) is 0 Å². The summed E-state index contributed by atoms with van der Waals surface area (Å²) < 4.78 is 5.94. The zero-order chi connectivity index (χ0) is 12.3. The fourth-order valence-electron chi connectivity index (χ4n) is 2.75. The zero-order valence-corrected chi connectivity index (χ0v) is 11.3. The van der Waals surface area contributed by atoms with E-state index in [1.807, 2.05) is 6.20 Å². The van der Waals surface area contributed by atoms with Gasteiger partial charge in [-0.15, -0.1) is 0 Å². The van der Waals surface area contributed by atoms with Crippen LogP contribution in [0.2, 0.25) is 0 Å². The van der Waals surface area contributed by atoms with Crippen molar-refractivity contribution in [2.75, 3.05) is 0 Å². The summed E-state index contributed by atoms with van der Waals surface area (Å²) in [7, 11) is 0. The molecule has 1 N–H and O–H groups in total. The normalized spacial score (nSPS) is 19.1. The van der Waals surface area contributed by atoms with Crippen LogP contribution in [-0.2, 0) is 12.0 Å². The molecule has 0 bridgehead atoms. The molecule has 1 saturated carbocycles. The van der Waals surface area contributed by atoms with Crippen molar-refractivity contribution in [3.8, 4) is 0 Å². The van der Waals surface area contributed by atoms with Gasteiger partial charge in [0.25, 0.3) is 0 Å². The molecule has 96 valence electrons. The lowest BCUT2D eigenvalue weighted by molar-refractivity contribution is 0.312. The Bertz CT molecular complexity index is 351. The first kappa shape index (κ1) is 12.6. The van der Waals surface area contributed by atoms with Gasteiger partial charge in [0.05, 0.1) is 12.7 Å². The van der Waals surface area contributed by atoms with Crippen LogP contribution in [0.1, 0.15) is 64.5 Å². The smallest absolute Gasteiger partial charge is 0.208 e. The number of hydrogen-bond acceptors (Lipinski definition) is 3. The van der Waals surface area contributed by atoms with Crippen molar-refractivity contribution in [1.82, 2.24) is 10.3 Å². The van der Waals surface area contributed by atoms with Crippen molar-refractivity contribution >= 4 is 0 Å². The Balaban J connectivity index is 2.06. The molecule has 0 amide bonds. The number of nitrogens with zero attached hydrogens (tertiary/aromatic N) is 1. The molecular formula is C14H24N2O. The fraction of sp³-hybridized carbons (Fsp3) is 0.786. The third kappa shape index (κ3) is 2.71. The predicted molar refractivity (Wildman–Crippen MR) is 68.9 cm³/mol. The minimum absolute atomic E-state index is 0.281. The Morgan fingerprint density at radius 2 is 2.12 bits per heavy atom. The molecule has 0 spiro atoms. The fourth-order valence-corrected chi connectivity index (χ4v) is 2.75. The van der Waals surface area contributed by atoms with Crippen molar-refractivity contribution in [2.45, 2.75) is 70.9 Å². The minimum Gasteiger partial charge on any atom is -0.444 e. The topological polar surface area (TPSA) is 38.1 Å². The summed E-state index contributed by atoms with van der Waals surface area (Å²) in [6.07, 6.45) is 8.29. The average Bonchev–Trinajstić information content (AvgIpc) is 2.96. The highest BCUT2D eigenvalue weighted by molar-refractivity contribution is 5.13. The molecule has 3 heteroatoms. The second kappa shape index (κ2) is 5.21. The quantitative estimate of drug-likeness (QED) is 0.851. The first-order chi connectivity index (χ1) is 8.16. The molecular weight excluding hydrogens is 212 g/mol. The number of hydrogen-bond donors (Lipinski definition) is 1. The summed E-state index contributed by atoms with van der Waals surface area (Å²) in [5.74, 6) is 1.94. The van der Waals surface area contributed by atoms with E-state index >= 15 is 0 Å². The van der Waals surface area contributed by atoms with Crippen molar-refractivity contribution in [1.29, 1.82) is 0 Å². The molecule has 1 aromatic rings. The van der Waals surface area contributed by atoms with Gasteiger partial charge in [-0.1, -0.05) is 33.6 Å². The third-order valence-electron chi connectivity index (χ3n) is 3.98. The Kier molecular flexibility index (Phi) is 3.87. The molecule has 1 heterocycles. The summed E-state index contributed by atoms with van der Waals surface area (Å²) in [5.41, 5.74) is 0.281. The van der Waals surface area contributed by atoms with Crippen LogP contribution in [0.3, 0.4) is 0 Å². The lowest BCUT2D eigenvalue weighted by atomic mass is 9.81. The highest BCUT2D eigenvalue weighted by atomic mass is 16.4. The molecule has 1 aliphatic rings. The van der Waals surface area contributed by atoms with Crippen LogP contribution in [0.4, 0.5) is 0 Å². The maximum absolute atomic E-state index is 5.94. The molecule has 0 aliphatic heterocycles. The van der Waals surface area contributed by atoms with Crippen molar-refractivity contribution in [2.24, 2.45) is 0 Å². The van der Waals surface area contributed by atoms with Gasteiger partial charge in [-0.05, 0) is 19.3 Å². The van der Waals surface area contributed by atoms with Gasteiger partial charge < -0.3 is 9.73 Å². The van der Waals surface area contributed by atoms with Gasteiger partial charge in [0, 0.05) is 11.5 Å². The Morgan fingerprint density at radius 3 is 2.71 bits per heavy atom. The number of nitrogens with one attached hydrogen (secondary N) is 1. The molecule has 1 aromatic heterocycles. The van der Waals surface area contributed by atoms with E-state index in [4.69, 9.17) is 4.42 Å². The van der Waals surface area contributed by atoms with E-state index in [0.717, 1.165) is 18.2 Å². The van der Waals surface area contributed by atoms with Crippen LogP contribution in [-0.4, -0.2) is 11.0 Å². The van der Waals surface area contributed by atoms with Crippen LogP contribution < -0.4 is 5.32 Å². The number of rotatable bonds is 5. The van der Waals surface area contributed by atoms with Crippen molar-refractivity contribution < 1.29 is 4.42 Å². The van der Waals surface area contributed by atoms with E-state index in [2.05, 4.69) is 31.1 Å². The zero-order valence-electron chi connectivity index (χ0n) is 11.3. The molecule has 0 radical (unpaired) electrons. The highest BCUT2D eigenvalue weighted by Gasteiger charge is 2.37. The standard InChI is InChI=1S/C14H24N2O/c1-4-14(7-5-6-8-14)12-9-16-13(17-12)10-15-11(2)3/h9,11,15H,4-8,10H2,1-3H3. The van der Waals surface area contributed by atoms with Gasteiger partial charge >= 0.3 is 0 Å². The van der Waals surface area contributed by atoms with Gasteiger partial charge in [-0.25, -0.2) is 4.98 Å². The van der Waals surface area contributed by atoms with E-state index in [0.29, 0.717) is 6.04 Å². The Morgan fingerprint density at radius 1 is 1.41 bits per heavy atom. The van der Waals surface area contributed by atoms with Gasteiger partial charge in [0.2, 0.25) is 5.89 Å². The van der Waals surface area contributed by atoms with Crippen LogP contribution in [0.15, 0.2) is 10.6 Å². The predicted octanol–water partition coefficient (Wildman–Crippen LogP) is 3.39. The molecule has 0 aromatic carbocycles. The van der Waals surface area contributed by atoms with Crippen LogP contribution in [0.5, 0.6) is 0 Å². The number of aromatic nitrogens is 1. The van der Waals surface area contributed by atoms with Gasteiger partial charge in [-0.2, -0.15) is 0 Å². The van der Waals surface area contributed by atoms with Gasteiger partial charge in [0.1, 0.15) is 5.76 Å². The van der Waals surface area contributed by atoms with E-state index < -0.39 is 0 Å². The molecule has 2 rings (SSSR count). The molecule has 0 atom stereocenters. The maximum Gasteiger partial charge on any atom is 0.208 e. The highest BCUT2D eigenvalue weighted by Crippen LogP contribution is 2.43. The summed E-state index contributed by atoms with van der Waals surface area (Å²) in [5, 5.41) is 3.34. The van der Waals surface area contributed by atoms with Gasteiger partial charge in [-0.3, -0.25) is 0 Å². The molecule has 0 saturated heterocycles. The summed E-state index contributed by atoms with van der Waals surface area (Å²) in [4.78, 5) is 4.40. The number of oxazole rings is 1. The summed E-state index contributed by atoms with van der Waals surface area (Å²) in [6, 6.07) is 0.469. The van der Waals surface area contributed by atoms with Crippen molar-refractivity contribution in [3.63, 3.8) is 0 Å². The molecule has 1 fully saturated rings. The lowest BCUT2D eigenvalue weighted by Crippen LogP contribution is -2.22. The maximum atomic E-state index is 5.94. The SMILES string of the molecule is CCC1(c2cnc(CNC(C)C)o2)CCCC1. The monoisotopic (exact) mass is 236 g/mol. The largest absolute Gasteiger partial charge is 0.444 e. The van der Waals surface area contributed by atoms with Crippen LogP contribution in [0.25, 0.3) is 0 Å². The van der Waals surface area contributed by atoms with Crippen molar-refractivity contribution in [3.05, 3.63) is 17.8 Å². The van der Waals surface area contributed by atoms with E-state index in [1.165, 1.54) is 32.1 Å². The van der Waals surface area contributed by atoms with Gasteiger partial charge in [0.15, 0.2) is 0 Å². The summed E-state index contributed by atoms with van der Waals surface area (Å²) >= 11 is 0. The average molecular weight is 236 g/mol. The molecule has 3 nitrogen and oxygen atoms in total. The third-order valence-corrected chi connectivity index (χ3v) is 3.98. The lowest BCUT2D eigenvalue weighted by Gasteiger charge is -2.23. The Hall–Kier alpha value is -0.830. The molecule has 1 aliphatic carbocycles. The Labute approximate surface area is 104 Å². The summed E-state index contributed by atoms with van der Waals surface area (Å²) in [6.45, 7) is 7.26. The molecule has 17 heavy (non-hydrogen) atoms. The minimum atomic E-state index is 0.281. The van der Waals surface area contributed by atoms with E-state index in [-0.39, 0.29) is 5.41 Å².